The number of aliphatic hydroxyl groups excluding tert-OH is 1. The second kappa shape index (κ2) is 10.0. The van der Waals surface area contributed by atoms with Gasteiger partial charge in [-0.15, -0.1) is 0 Å². The number of benzene rings is 2. The summed E-state index contributed by atoms with van der Waals surface area (Å²) in [5.41, 5.74) is 4.87. The molecule has 0 amide bonds. The fraction of sp³-hybridized carbons (Fsp3) is 0.611. The van der Waals surface area contributed by atoms with E-state index in [0.717, 1.165) is 30.6 Å². The van der Waals surface area contributed by atoms with Gasteiger partial charge in [0.05, 0.1) is 6.10 Å². The zero-order valence-corrected chi connectivity index (χ0v) is 23.4. The van der Waals surface area contributed by atoms with Gasteiger partial charge < -0.3 is 5.11 Å². The lowest BCUT2D eigenvalue weighted by atomic mass is 9.44. The van der Waals surface area contributed by atoms with Crippen LogP contribution in [-0.4, -0.2) is 11.2 Å². The second-order valence-electron chi connectivity index (χ2n) is 13.8. The lowest BCUT2D eigenvalue weighted by Crippen LogP contribution is -2.57. The van der Waals surface area contributed by atoms with E-state index in [0.29, 0.717) is 28.6 Å². The number of hydrogen-bond acceptors (Lipinski definition) is 1. The van der Waals surface area contributed by atoms with Crippen LogP contribution >= 0.6 is 0 Å². The first-order valence-corrected chi connectivity index (χ1v) is 15.4. The minimum absolute atomic E-state index is 0.0671. The maximum Gasteiger partial charge on any atom is 0.0577 e. The number of allylic oxidation sites excluding steroid dienone is 1. The minimum atomic E-state index is -0.0671. The molecular weight excluding hydrogens is 448 g/mol. The topological polar surface area (TPSA) is 20.2 Å². The van der Waals surface area contributed by atoms with E-state index in [4.69, 9.17) is 0 Å². The van der Waals surface area contributed by atoms with Crippen molar-refractivity contribution in [3.8, 4) is 0 Å². The molecule has 0 radical (unpaired) electrons. The third kappa shape index (κ3) is 4.34. The van der Waals surface area contributed by atoms with Gasteiger partial charge in [0.2, 0.25) is 0 Å². The van der Waals surface area contributed by atoms with E-state index < -0.39 is 0 Å². The lowest BCUT2D eigenvalue weighted by molar-refractivity contribution is -0.164. The first kappa shape index (κ1) is 25.4. The Labute approximate surface area is 225 Å². The predicted molar refractivity (Wildman–Crippen MR) is 155 cm³/mol. The molecule has 6 rings (SSSR count). The molecule has 198 valence electrons. The Balaban J connectivity index is 1.24. The van der Waals surface area contributed by atoms with Crippen LogP contribution in [-0.2, 0) is 0 Å². The van der Waals surface area contributed by atoms with Crippen molar-refractivity contribution in [2.24, 2.45) is 46.3 Å². The van der Waals surface area contributed by atoms with E-state index >= 15 is 0 Å². The summed E-state index contributed by atoms with van der Waals surface area (Å²) in [6.07, 6.45) is 15.6. The molecule has 1 heteroatoms. The molecule has 4 saturated carbocycles. The third-order valence-electron chi connectivity index (χ3n) is 12.2. The average molecular weight is 497 g/mol. The first-order valence-electron chi connectivity index (χ1n) is 15.4. The quantitative estimate of drug-likeness (QED) is 0.437. The summed E-state index contributed by atoms with van der Waals surface area (Å²) < 4.78 is 0. The molecule has 1 nitrogen and oxygen atoms in total. The van der Waals surface area contributed by atoms with E-state index in [2.05, 4.69) is 87.5 Å². The molecule has 37 heavy (non-hydrogen) atoms. The summed E-state index contributed by atoms with van der Waals surface area (Å²) in [6.45, 7) is 7.77. The maximum atomic E-state index is 11.6. The Morgan fingerprint density at radius 3 is 2.16 bits per heavy atom. The minimum Gasteiger partial charge on any atom is -0.393 e. The van der Waals surface area contributed by atoms with Crippen LogP contribution in [0.1, 0.15) is 96.1 Å². The predicted octanol–water partition coefficient (Wildman–Crippen LogP) is 9.16. The summed E-state index contributed by atoms with van der Waals surface area (Å²) in [4.78, 5) is 0. The highest BCUT2D eigenvalue weighted by Gasteiger charge is 2.62. The van der Waals surface area contributed by atoms with E-state index in [1.807, 2.05) is 0 Å². The van der Waals surface area contributed by atoms with Crippen LogP contribution in [0.3, 0.4) is 0 Å². The van der Waals surface area contributed by atoms with Crippen LogP contribution in [0.25, 0.3) is 5.57 Å². The zero-order valence-electron chi connectivity index (χ0n) is 23.4. The largest absolute Gasteiger partial charge is 0.393 e. The highest BCUT2D eigenvalue weighted by atomic mass is 16.3. The van der Waals surface area contributed by atoms with Crippen LogP contribution in [0, 0.1) is 46.3 Å². The van der Waals surface area contributed by atoms with Crippen molar-refractivity contribution in [1.29, 1.82) is 0 Å². The lowest BCUT2D eigenvalue weighted by Gasteiger charge is -2.62. The van der Waals surface area contributed by atoms with E-state index in [-0.39, 0.29) is 6.10 Å². The number of aliphatic hydroxyl groups is 1. The molecule has 0 aliphatic heterocycles. The smallest absolute Gasteiger partial charge is 0.0577 e. The summed E-state index contributed by atoms with van der Waals surface area (Å²) in [5, 5.41) is 11.6. The van der Waals surface area contributed by atoms with E-state index in [1.54, 1.807) is 0 Å². The fourth-order valence-corrected chi connectivity index (χ4v) is 10.3. The SMILES string of the molecule is C[C@H](CC=C(c1ccccc1)c1ccccc1)C1CCC2C3C(O)CC4CCCCC4(C)C3CCC21C. The van der Waals surface area contributed by atoms with Gasteiger partial charge in [-0.1, -0.05) is 100 Å². The van der Waals surface area contributed by atoms with Gasteiger partial charge in [-0.2, -0.15) is 0 Å². The van der Waals surface area contributed by atoms with Crippen molar-refractivity contribution in [2.75, 3.05) is 0 Å². The van der Waals surface area contributed by atoms with E-state index in [1.165, 1.54) is 68.1 Å². The molecule has 4 fully saturated rings. The summed E-state index contributed by atoms with van der Waals surface area (Å²) in [6, 6.07) is 21.9. The molecule has 2 aromatic carbocycles. The van der Waals surface area contributed by atoms with Gasteiger partial charge in [0.1, 0.15) is 0 Å². The highest BCUT2D eigenvalue weighted by molar-refractivity contribution is 5.79. The average Bonchev–Trinajstić information content (AvgIpc) is 3.27. The second-order valence-corrected chi connectivity index (χ2v) is 13.8. The van der Waals surface area contributed by atoms with Gasteiger partial charge in [-0.3, -0.25) is 0 Å². The van der Waals surface area contributed by atoms with Crippen molar-refractivity contribution in [3.05, 3.63) is 77.9 Å². The van der Waals surface area contributed by atoms with Crippen LogP contribution in [0.5, 0.6) is 0 Å². The summed E-state index contributed by atoms with van der Waals surface area (Å²) >= 11 is 0. The Bertz CT molecular complexity index is 1050. The number of fused-ring (bicyclic) bond motifs is 5. The third-order valence-corrected chi connectivity index (χ3v) is 12.2. The Morgan fingerprint density at radius 1 is 0.838 bits per heavy atom. The Morgan fingerprint density at radius 2 is 1.49 bits per heavy atom. The molecule has 8 unspecified atom stereocenters. The molecule has 0 bridgehead atoms. The first-order chi connectivity index (χ1) is 17.9. The molecule has 9 atom stereocenters. The van der Waals surface area contributed by atoms with Crippen molar-refractivity contribution >= 4 is 5.57 Å². The van der Waals surface area contributed by atoms with E-state index in [9.17, 15) is 5.11 Å². The van der Waals surface area contributed by atoms with Crippen LogP contribution < -0.4 is 0 Å². The fourth-order valence-electron chi connectivity index (χ4n) is 10.3. The van der Waals surface area contributed by atoms with Crippen LogP contribution in [0.15, 0.2) is 66.7 Å². The molecule has 0 heterocycles. The van der Waals surface area contributed by atoms with Gasteiger partial charge in [0.15, 0.2) is 0 Å². The van der Waals surface area contributed by atoms with Gasteiger partial charge in [-0.25, -0.2) is 0 Å². The van der Waals surface area contributed by atoms with Gasteiger partial charge >= 0.3 is 0 Å². The van der Waals surface area contributed by atoms with Crippen molar-refractivity contribution < 1.29 is 5.11 Å². The molecule has 0 spiro atoms. The molecular formula is C36H48O. The van der Waals surface area contributed by atoms with Gasteiger partial charge in [0, 0.05) is 0 Å². The highest BCUT2D eigenvalue weighted by Crippen LogP contribution is 2.68. The zero-order chi connectivity index (χ0) is 25.6. The van der Waals surface area contributed by atoms with Crippen molar-refractivity contribution in [3.63, 3.8) is 0 Å². The van der Waals surface area contributed by atoms with Gasteiger partial charge in [0.25, 0.3) is 0 Å². The molecule has 0 saturated heterocycles. The van der Waals surface area contributed by atoms with Crippen molar-refractivity contribution in [2.45, 2.75) is 91.1 Å². The normalized spacial score (nSPS) is 39.7. The van der Waals surface area contributed by atoms with Crippen LogP contribution in [0.4, 0.5) is 0 Å². The monoisotopic (exact) mass is 496 g/mol. The van der Waals surface area contributed by atoms with Gasteiger partial charge in [-0.05, 0) is 114 Å². The summed E-state index contributed by atoms with van der Waals surface area (Å²) in [7, 11) is 0. The van der Waals surface area contributed by atoms with Crippen LogP contribution in [0.2, 0.25) is 0 Å². The number of hydrogen-bond donors (Lipinski definition) is 1. The maximum absolute atomic E-state index is 11.6. The summed E-state index contributed by atoms with van der Waals surface area (Å²) in [5.74, 6) is 4.17. The molecule has 1 N–H and O–H groups in total. The molecule has 4 aliphatic rings. The number of rotatable bonds is 5. The van der Waals surface area contributed by atoms with Crippen molar-refractivity contribution in [1.82, 2.24) is 0 Å². The Kier molecular flexibility index (Phi) is 6.89. The molecule has 0 aromatic heterocycles. The molecule has 2 aromatic rings. The molecule has 4 aliphatic carbocycles. The standard InChI is InChI=1S/C36H48O/c1-25(17-18-29(26-12-6-4-7-13-26)27-14-8-5-9-15-27)30-19-20-31-34-32(21-23-36(30,31)3)35(2)22-11-10-16-28(35)24-33(34)37/h4-9,12-15,18,25,28,30-34,37H,10-11,16-17,19-24H2,1-3H3/t25-,28?,30?,31?,32?,33?,34?,35?,36?/m1/s1. The Hall–Kier alpha value is -1.86.